The van der Waals surface area contributed by atoms with E-state index in [1.54, 1.807) is 38.5 Å². The van der Waals surface area contributed by atoms with Crippen molar-refractivity contribution in [2.24, 2.45) is 0 Å². The van der Waals surface area contributed by atoms with Crippen molar-refractivity contribution < 1.29 is 18.7 Å². The van der Waals surface area contributed by atoms with Crippen molar-refractivity contribution in [1.82, 2.24) is 19.9 Å². The van der Waals surface area contributed by atoms with Crippen LogP contribution in [0.1, 0.15) is 28.9 Å². The number of nitriles is 1. The fraction of sp³-hybridized carbons (Fsp3) is 0.296. The van der Waals surface area contributed by atoms with E-state index in [0.29, 0.717) is 69.7 Å². The second kappa shape index (κ2) is 10.2. The van der Waals surface area contributed by atoms with Crippen LogP contribution >= 0.6 is 0 Å². The average Bonchev–Trinajstić information content (AvgIpc) is 3.37. The number of carbonyl (C=O) groups excluding carboxylic acids is 1. The summed E-state index contributed by atoms with van der Waals surface area (Å²) in [5.41, 5.74) is 4.27. The van der Waals surface area contributed by atoms with Gasteiger partial charge in [0.2, 0.25) is 0 Å². The summed E-state index contributed by atoms with van der Waals surface area (Å²) >= 11 is 0. The number of fused-ring (bicyclic) bond motifs is 1. The molecular weight excluding hydrogens is 472 g/mol. The van der Waals surface area contributed by atoms with Gasteiger partial charge in [-0.1, -0.05) is 0 Å². The maximum atomic E-state index is 12.3. The van der Waals surface area contributed by atoms with Crippen LogP contribution in [0.15, 0.2) is 47.1 Å². The molecule has 0 bridgehead atoms. The molecule has 5 rings (SSSR count). The van der Waals surface area contributed by atoms with E-state index < -0.39 is 0 Å². The van der Waals surface area contributed by atoms with Crippen LogP contribution in [-0.2, 0) is 4.74 Å². The number of aromatic nitrogens is 3. The smallest absolute Gasteiger partial charge is 0.255 e. The number of ether oxygens (including phenoxy) is 2. The fourth-order valence-corrected chi connectivity index (χ4v) is 4.29. The van der Waals surface area contributed by atoms with E-state index in [2.05, 4.69) is 26.3 Å². The van der Waals surface area contributed by atoms with Crippen molar-refractivity contribution in [2.45, 2.75) is 18.9 Å². The van der Waals surface area contributed by atoms with Crippen molar-refractivity contribution in [3.8, 4) is 34.5 Å². The van der Waals surface area contributed by atoms with Crippen molar-refractivity contribution in [3.05, 3.63) is 54.0 Å². The van der Waals surface area contributed by atoms with Crippen LogP contribution in [-0.4, -0.2) is 66.2 Å². The van der Waals surface area contributed by atoms with E-state index in [9.17, 15) is 10.1 Å². The number of nitrogens with zero attached hydrogens (tertiary/aromatic N) is 5. The molecule has 0 radical (unpaired) electrons. The molecule has 188 valence electrons. The van der Waals surface area contributed by atoms with Gasteiger partial charge in [0, 0.05) is 57.4 Å². The van der Waals surface area contributed by atoms with Crippen molar-refractivity contribution >= 4 is 22.7 Å². The van der Waals surface area contributed by atoms with E-state index >= 15 is 0 Å². The zero-order chi connectivity index (χ0) is 25.9. The normalized spacial score (nSPS) is 13.8. The number of furan rings is 1. The van der Waals surface area contributed by atoms with E-state index in [-0.39, 0.29) is 11.9 Å². The van der Waals surface area contributed by atoms with Gasteiger partial charge in [-0.3, -0.25) is 9.78 Å². The minimum atomic E-state index is -0.181. The highest BCUT2D eigenvalue weighted by Crippen LogP contribution is 2.36. The Labute approximate surface area is 213 Å². The summed E-state index contributed by atoms with van der Waals surface area (Å²) in [4.78, 5) is 27.3. The van der Waals surface area contributed by atoms with Crippen LogP contribution in [0.4, 0.5) is 5.69 Å². The van der Waals surface area contributed by atoms with E-state index in [1.165, 1.54) is 18.2 Å². The zero-order valence-corrected chi connectivity index (χ0v) is 20.8. The average molecular weight is 499 g/mol. The number of pyridine rings is 3. The Balaban J connectivity index is 1.51. The minimum Gasteiger partial charge on any atom is -0.494 e. The van der Waals surface area contributed by atoms with E-state index in [1.807, 2.05) is 12.1 Å². The molecule has 0 saturated carbocycles. The quantitative estimate of drug-likeness (QED) is 0.417. The molecule has 0 unspecified atom stereocenters. The number of hydrogen-bond donors (Lipinski definition) is 1. The predicted molar refractivity (Wildman–Crippen MR) is 137 cm³/mol. The molecular formula is C27H26N6O4. The van der Waals surface area contributed by atoms with Crippen LogP contribution in [0.5, 0.6) is 5.75 Å². The first-order valence-corrected chi connectivity index (χ1v) is 11.9. The molecule has 1 aliphatic heterocycles. The Morgan fingerprint density at radius 2 is 2.00 bits per heavy atom. The molecule has 1 fully saturated rings. The number of rotatable bonds is 6. The van der Waals surface area contributed by atoms with Crippen LogP contribution in [0.25, 0.3) is 33.8 Å². The lowest BCUT2D eigenvalue weighted by molar-refractivity contribution is 0.0826. The number of hydrogen-bond acceptors (Lipinski definition) is 9. The maximum Gasteiger partial charge on any atom is 0.255 e. The third-order valence-corrected chi connectivity index (χ3v) is 6.23. The summed E-state index contributed by atoms with van der Waals surface area (Å²) in [5, 5.41) is 13.2. The topological polar surface area (TPSA) is 126 Å². The van der Waals surface area contributed by atoms with Crippen LogP contribution < -0.4 is 10.1 Å². The molecule has 0 aliphatic carbocycles. The number of carbonyl (C=O) groups is 1. The summed E-state index contributed by atoms with van der Waals surface area (Å²) in [5.74, 6) is 0.663. The van der Waals surface area contributed by atoms with Gasteiger partial charge in [-0.15, -0.1) is 0 Å². The Morgan fingerprint density at radius 1 is 1.19 bits per heavy atom. The van der Waals surface area contributed by atoms with Crippen molar-refractivity contribution in [1.29, 1.82) is 5.26 Å². The molecule has 4 aromatic heterocycles. The van der Waals surface area contributed by atoms with Crippen molar-refractivity contribution in [3.63, 3.8) is 0 Å². The molecule has 1 aliphatic rings. The van der Waals surface area contributed by atoms with Crippen LogP contribution in [0.2, 0.25) is 0 Å². The highest BCUT2D eigenvalue weighted by molar-refractivity contribution is 5.95. The Hall–Kier alpha value is -4.49. The van der Waals surface area contributed by atoms with E-state index in [0.717, 1.165) is 12.8 Å². The molecule has 0 aromatic carbocycles. The Bertz CT molecular complexity index is 1500. The second-order valence-electron chi connectivity index (χ2n) is 8.89. The van der Waals surface area contributed by atoms with Gasteiger partial charge in [0.05, 0.1) is 24.1 Å². The van der Waals surface area contributed by atoms with Gasteiger partial charge in [-0.2, -0.15) is 5.26 Å². The Kier molecular flexibility index (Phi) is 6.70. The number of anilines is 1. The molecule has 1 saturated heterocycles. The number of nitrogens with one attached hydrogen (secondary N) is 1. The minimum absolute atomic E-state index is 0.181. The zero-order valence-electron chi connectivity index (χ0n) is 20.8. The summed E-state index contributed by atoms with van der Waals surface area (Å²) in [7, 11) is 4.86. The lowest BCUT2D eigenvalue weighted by atomic mass is 10.1. The first-order chi connectivity index (χ1) is 18.0. The van der Waals surface area contributed by atoms with Gasteiger partial charge >= 0.3 is 0 Å². The summed E-state index contributed by atoms with van der Waals surface area (Å²) < 4.78 is 17.1. The number of methoxy groups -OCH3 is 1. The first-order valence-electron chi connectivity index (χ1n) is 11.9. The molecule has 5 heterocycles. The predicted octanol–water partition coefficient (Wildman–Crippen LogP) is 4.12. The highest BCUT2D eigenvalue weighted by atomic mass is 16.5. The number of amides is 1. The summed E-state index contributed by atoms with van der Waals surface area (Å²) in [6.45, 7) is 1.41. The monoisotopic (exact) mass is 498 g/mol. The molecule has 1 amide bonds. The van der Waals surface area contributed by atoms with Gasteiger partial charge in [0.25, 0.3) is 5.91 Å². The SMILES string of the molecule is COc1cc(C(=O)N(C)C)cnc1-c1cc2nccc(-c3ccc(NC4CCOCC4)c(C#N)n3)c2o1. The third-order valence-electron chi connectivity index (χ3n) is 6.23. The Morgan fingerprint density at radius 3 is 2.73 bits per heavy atom. The van der Waals surface area contributed by atoms with Crippen molar-refractivity contribution in [2.75, 3.05) is 39.7 Å². The molecule has 0 spiro atoms. The molecule has 0 atom stereocenters. The molecule has 10 nitrogen and oxygen atoms in total. The fourth-order valence-electron chi connectivity index (χ4n) is 4.29. The highest BCUT2D eigenvalue weighted by Gasteiger charge is 2.21. The maximum absolute atomic E-state index is 12.3. The van der Waals surface area contributed by atoms with Gasteiger partial charge in [-0.25, -0.2) is 9.97 Å². The molecule has 1 N–H and O–H groups in total. The van der Waals surface area contributed by atoms with Crippen LogP contribution in [0.3, 0.4) is 0 Å². The summed E-state index contributed by atoms with van der Waals surface area (Å²) in [6, 6.07) is 11.4. The summed E-state index contributed by atoms with van der Waals surface area (Å²) in [6.07, 6.45) is 4.93. The standard InChI is InChI=1S/C27H26N6O4/c1-33(2)27(34)16-12-23(35-3)25(30-15-16)24-13-21-26(37-24)18(6-9-29-21)19-4-5-20(22(14-28)32-19)31-17-7-10-36-11-8-17/h4-6,9,12-13,15,17,31H,7-8,10-11H2,1-3H3. The van der Waals surface area contributed by atoms with Gasteiger partial charge < -0.3 is 24.1 Å². The third kappa shape index (κ3) is 4.81. The molecule has 37 heavy (non-hydrogen) atoms. The second-order valence-corrected chi connectivity index (χ2v) is 8.89. The first kappa shape index (κ1) is 24.2. The molecule has 10 heteroatoms. The van der Waals surface area contributed by atoms with E-state index in [4.69, 9.17) is 13.9 Å². The lowest BCUT2D eigenvalue weighted by Crippen LogP contribution is -2.28. The van der Waals surface area contributed by atoms with Crippen LogP contribution in [0, 0.1) is 11.3 Å². The van der Waals surface area contributed by atoms with Gasteiger partial charge in [0.15, 0.2) is 17.0 Å². The van der Waals surface area contributed by atoms with Gasteiger partial charge in [0.1, 0.15) is 23.0 Å². The molecule has 4 aromatic rings. The largest absolute Gasteiger partial charge is 0.494 e. The lowest BCUT2D eigenvalue weighted by Gasteiger charge is -2.24. The van der Waals surface area contributed by atoms with Gasteiger partial charge in [-0.05, 0) is 37.1 Å².